The number of hydrogen-bond donors (Lipinski definition) is 3. The second-order valence-electron chi connectivity index (χ2n) is 9.42. The lowest BCUT2D eigenvalue weighted by atomic mass is 9.90. The molecule has 0 unspecified atom stereocenters. The third-order valence-corrected chi connectivity index (χ3v) is 6.16. The maximum atomic E-state index is 13.0. The first-order chi connectivity index (χ1) is 18.2. The number of fused-ring (bicyclic) bond motifs is 1. The van der Waals surface area contributed by atoms with E-state index in [1.54, 1.807) is 38.4 Å². The molecule has 0 atom stereocenters. The van der Waals surface area contributed by atoms with Gasteiger partial charge >= 0.3 is 0 Å². The predicted molar refractivity (Wildman–Crippen MR) is 145 cm³/mol. The van der Waals surface area contributed by atoms with Gasteiger partial charge in [-0.05, 0) is 69.7 Å². The molecule has 4 aromatic heterocycles. The van der Waals surface area contributed by atoms with Gasteiger partial charge in [0.1, 0.15) is 29.2 Å². The Hall–Kier alpha value is -5.17. The number of rotatable bonds is 6. The van der Waals surface area contributed by atoms with Gasteiger partial charge < -0.3 is 15.6 Å². The third kappa shape index (κ3) is 4.77. The van der Waals surface area contributed by atoms with Gasteiger partial charge in [0.15, 0.2) is 5.65 Å². The standard InChI is InChI=1S/C28H25N9O/c1-16-7-8-19(36-27(38)18-9-11-30-22(12-18)28(3,4)14-29)13-21(16)37-25-20(6-5-10-31-25)23-24-26(33-15-32-23)35-17(2)34-24/h5-13,15H,1-4H3,(H,31,37)(H,36,38)(H,32,33,34,35). The Labute approximate surface area is 219 Å². The summed E-state index contributed by atoms with van der Waals surface area (Å²) < 4.78 is 0. The van der Waals surface area contributed by atoms with E-state index in [1.807, 2.05) is 44.2 Å². The summed E-state index contributed by atoms with van der Waals surface area (Å²) in [4.78, 5) is 38.2. The molecule has 0 aliphatic carbocycles. The van der Waals surface area contributed by atoms with Crippen molar-refractivity contribution in [2.45, 2.75) is 33.1 Å². The molecular weight excluding hydrogens is 478 g/mol. The molecule has 10 heteroatoms. The van der Waals surface area contributed by atoms with Crippen molar-refractivity contribution in [1.29, 1.82) is 5.26 Å². The lowest BCUT2D eigenvalue weighted by Crippen LogP contribution is -2.18. The average molecular weight is 504 g/mol. The molecular formula is C28H25N9O. The highest BCUT2D eigenvalue weighted by molar-refractivity contribution is 6.04. The fourth-order valence-electron chi connectivity index (χ4n) is 3.98. The zero-order chi connectivity index (χ0) is 26.9. The van der Waals surface area contributed by atoms with E-state index in [0.717, 1.165) is 28.2 Å². The number of anilines is 3. The van der Waals surface area contributed by atoms with Crippen molar-refractivity contribution in [1.82, 2.24) is 29.9 Å². The van der Waals surface area contributed by atoms with E-state index in [1.165, 1.54) is 6.33 Å². The Bertz CT molecular complexity index is 1720. The minimum absolute atomic E-state index is 0.297. The first-order valence-electron chi connectivity index (χ1n) is 11.9. The molecule has 0 saturated carbocycles. The summed E-state index contributed by atoms with van der Waals surface area (Å²) in [6.45, 7) is 7.37. The van der Waals surface area contributed by atoms with E-state index in [4.69, 9.17) is 0 Å². The molecule has 0 aliphatic heterocycles. The van der Waals surface area contributed by atoms with Crippen LogP contribution in [-0.4, -0.2) is 35.8 Å². The van der Waals surface area contributed by atoms with Crippen LogP contribution in [0.2, 0.25) is 0 Å². The summed E-state index contributed by atoms with van der Waals surface area (Å²) in [6, 6.07) is 14.9. The molecule has 0 saturated heterocycles. The number of carbonyl (C=O) groups excluding carboxylic acids is 1. The first-order valence-corrected chi connectivity index (χ1v) is 11.9. The quantitative estimate of drug-likeness (QED) is 0.286. The van der Waals surface area contributed by atoms with Crippen LogP contribution < -0.4 is 10.6 Å². The van der Waals surface area contributed by atoms with Gasteiger partial charge in [0.25, 0.3) is 5.91 Å². The molecule has 188 valence electrons. The fraction of sp³-hybridized carbons (Fsp3) is 0.179. The van der Waals surface area contributed by atoms with Crippen molar-refractivity contribution in [3.05, 3.63) is 83.8 Å². The van der Waals surface area contributed by atoms with Crippen LogP contribution in [0, 0.1) is 25.2 Å². The summed E-state index contributed by atoms with van der Waals surface area (Å²) in [7, 11) is 0. The van der Waals surface area contributed by atoms with Crippen molar-refractivity contribution in [3.8, 4) is 17.3 Å². The summed E-state index contributed by atoms with van der Waals surface area (Å²) in [6.07, 6.45) is 4.73. The van der Waals surface area contributed by atoms with Gasteiger partial charge in [-0.1, -0.05) is 6.07 Å². The summed E-state index contributed by atoms with van der Waals surface area (Å²) in [5, 5.41) is 15.8. The van der Waals surface area contributed by atoms with Crippen LogP contribution in [-0.2, 0) is 5.41 Å². The highest BCUT2D eigenvalue weighted by Gasteiger charge is 2.23. The molecule has 0 bridgehead atoms. The smallest absolute Gasteiger partial charge is 0.255 e. The number of imidazole rings is 1. The highest BCUT2D eigenvalue weighted by atomic mass is 16.1. The Balaban J connectivity index is 1.44. The summed E-state index contributed by atoms with van der Waals surface area (Å²) in [5.74, 6) is 1.05. The summed E-state index contributed by atoms with van der Waals surface area (Å²) in [5.41, 5.74) is 5.27. The highest BCUT2D eigenvalue weighted by Crippen LogP contribution is 2.32. The first kappa shape index (κ1) is 24.5. The largest absolute Gasteiger partial charge is 0.339 e. The van der Waals surface area contributed by atoms with Gasteiger partial charge in [0, 0.05) is 34.9 Å². The Kier molecular flexibility index (Phi) is 6.26. The van der Waals surface area contributed by atoms with Crippen LogP contribution in [0.3, 0.4) is 0 Å². The van der Waals surface area contributed by atoms with Crippen molar-refractivity contribution < 1.29 is 4.79 Å². The number of benzene rings is 1. The minimum atomic E-state index is -0.804. The molecule has 3 N–H and O–H groups in total. The number of carbonyl (C=O) groups is 1. The van der Waals surface area contributed by atoms with Crippen LogP contribution >= 0.6 is 0 Å². The van der Waals surface area contributed by atoms with Gasteiger partial charge in [-0.15, -0.1) is 0 Å². The monoisotopic (exact) mass is 503 g/mol. The Morgan fingerprint density at radius 3 is 2.68 bits per heavy atom. The normalized spacial score (nSPS) is 11.2. The van der Waals surface area contributed by atoms with Crippen molar-refractivity contribution in [2.75, 3.05) is 10.6 Å². The van der Waals surface area contributed by atoms with Gasteiger partial charge in [-0.2, -0.15) is 5.26 Å². The molecule has 0 fully saturated rings. The van der Waals surface area contributed by atoms with Crippen LogP contribution in [0.5, 0.6) is 0 Å². The summed E-state index contributed by atoms with van der Waals surface area (Å²) >= 11 is 0. The molecule has 4 heterocycles. The molecule has 38 heavy (non-hydrogen) atoms. The van der Waals surface area contributed by atoms with Gasteiger partial charge in [-0.25, -0.2) is 19.9 Å². The number of hydrogen-bond acceptors (Lipinski definition) is 8. The Morgan fingerprint density at radius 2 is 1.87 bits per heavy atom. The number of aromatic nitrogens is 6. The van der Waals surface area contributed by atoms with Crippen molar-refractivity contribution in [2.24, 2.45) is 0 Å². The Morgan fingerprint density at radius 1 is 1.03 bits per heavy atom. The fourth-order valence-corrected chi connectivity index (χ4v) is 3.98. The molecule has 10 nitrogen and oxygen atoms in total. The maximum Gasteiger partial charge on any atom is 0.255 e. The molecule has 0 radical (unpaired) electrons. The zero-order valence-corrected chi connectivity index (χ0v) is 21.4. The van der Waals surface area contributed by atoms with E-state index < -0.39 is 5.41 Å². The minimum Gasteiger partial charge on any atom is -0.339 e. The lowest BCUT2D eigenvalue weighted by molar-refractivity contribution is 0.102. The van der Waals surface area contributed by atoms with E-state index in [-0.39, 0.29) is 5.91 Å². The molecule has 5 rings (SSSR count). The second kappa shape index (κ2) is 9.71. The van der Waals surface area contributed by atoms with Crippen LogP contribution in [0.15, 0.2) is 61.2 Å². The second-order valence-corrected chi connectivity index (χ2v) is 9.42. The molecule has 0 spiro atoms. The van der Waals surface area contributed by atoms with E-state index in [0.29, 0.717) is 34.1 Å². The molecule has 1 aromatic carbocycles. The number of pyridine rings is 2. The number of nitrogens with one attached hydrogen (secondary N) is 3. The maximum absolute atomic E-state index is 13.0. The predicted octanol–water partition coefficient (Wildman–Crippen LogP) is 5.22. The average Bonchev–Trinajstić information content (AvgIpc) is 3.31. The van der Waals surface area contributed by atoms with Gasteiger partial charge in [0.05, 0.1) is 17.2 Å². The number of amides is 1. The zero-order valence-electron chi connectivity index (χ0n) is 21.4. The van der Waals surface area contributed by atoms with Gasteiger partial charge in [-0.3, -0.25) is 9.78 Å². The SMILES string of the molecule is Cc1nc2ncnc(-c3cccnc3Nc3cc(NC(=O)c4ccnc(C(C)(C)C#N)c4)ccc3C)c2[nH]1. The third-order valence-electron chi connectivity index (χ3n) is 6.16. The molecule has 0 aliphatic rings. The number of nitrogens with zero attached hydrogens (tertiary/aromatic N) is 6. The van der Waals surface area contributed by atoms with E-state index in [9.17, 15) is 10.1 Å². The number of H-pyrrole nitrogens is 1. The van der Waals surface area contributed by atoms with Crippen LogP contribution in [0.25, 0.3) is 22.4 Å². The molecule has 1 amide bonds. The molecule has 5 aromatic rings. The van der Waals surface area contributed by atoms with E-state index in [2.05, 4.69) is 46.6 Å². The van der Waals surface area contributed by atoms with Crippen LogP contribution in [0.1, 0.15) is 41.3 Å². The van der Waals surface area contributed by atoms with Crippen molar-refractivity contribution >= 4 is 34.3 Å². The van der Waals surface area contributed by atoms with Crippen LogP contribution in [0.4, 0.5) is 17.2 Å². The number of aromatic amines is 1. The van der Waals surface area contributed by atoms with Crippen molar-refractivity contribution in [3.63, 3.8) is 0 Å². The number of nitriles is 1. The van der Waals surface area contributed by atoms with E-state index >= 15 is 0 Å². The number of aryl methyl sites for hydroxylation is 2. The topological polar surface area (TPSA) is 145 Å². The van der Waals surface area contributed by atoms with Gasteiger partial charge in [0.2, 0.25) is 0 Å². The lowest BCUT2D eigenvalue weighted by Gasteiger charge is -2.16.